The number of hydrogen-bond acceptors (Lipinski definition) is 5. The largest absolute Gasteiger partial charge is 0.496 e. The summed E-state index contributed by atoms with van der Waals surface area (Å²) in [6, 6.07) is 18.5. The topological polar surface area (TPSA) is 45.2 Å². The number of ether oxygens (including phenoxy) is 1. The van der Waals surface area contributed by atoms with Crippen LogP contribution in [0.15, 0.2) is 54.6 Å². The third-order valence-corrected chi connectivity index (χ3v) is 5.23. The molecule has 0 spiro atoms. The average Bonchev–Trinajstić information content (AvgIpc) is 2.72. The fourth-order valence-electron chi connectivity index (χ4n) is 3.68. The highest BCUT2D eigenvalue weighted by Gasteiger charge is 2.26. The molecule has 1 heterocycles. The normalized spacial score (nSPS) is 17.7. The summed E-state index contributed by atoms with van der Waals surface area (Å²) in [6.07, 6.45) is 0.315. The molecule has 1 fully saturated rings. The highest BCUT2D eigenvalue weighted by molar-refractivity contribution is 5.46. The predicted molar refractivity (Wildman–Crippen MR) is 104 cm³/mol. The Morgan fingerprint density at radius 1 is 0.962 bits per heavy atom. The van der Waals surface area contributed by atoms with E-state index in [1.54, 1.807) is 7.11 Å². The van der Waals surface area contributed by atoms with Gasteiger partial charge in [-0.2, -0.15) is 0 Å². The van der Waals surface area contributed by atoms with E-state index >= 15 is 0 Å². The molecule has 3 rings (SSSR count). The van der Waals surface area contributed by atoms with E-state index in [-0.39, 0.29) is 0 Å². The number of benzene rings is 2. The minimum Gasteiger partial charge on any atom is -0.496 e. The van der Waals surface area contributed by atoms with E-state index in [1.807, 2.05) is 24.3 Å². The van der Waals surface area contributed by atoms with Crippen molar-refractivity contribution in [1.29, 1.82) is 0 Å². The monoisotopic (exact) mass is 356 g/mol. The van der Waals surface area contributed by atoms with Crippen molar-refractivity contribution in [2.24, 2.45) is 0 Å². The summed E-state index contributed by atoms with van der Waals surface area (Å²) in [5.41, 5.74) is 2.16. The Kier molecular flexibility index (Phi) is 6.50. The van der Waals surface area contributed by atoms with Gasteiger partial charge in [0, 0.05) is 43.5 Å². The molecule has 1 saturated heterocycles. The Morgan fingerprint density at radius 2 is 1.62 bits per heavy atom. The quantitative estimate of drug-likeness (QED) is 0.603. The van der Waals surface area contributed by atoms with Gasteiger partial charge in [-0.05, 0) is 31.5 Å². The predicted octanol–water partition coefficient (Wildman–Crippen LogP) is 3.83. The Morgan fingerprint density at radius 3 is 2.27 bits per heavy atom. The molecule has 0 saturated carbocycles. The van der Waals surface area contributed by atoms with Crippen molar-refractivity contribution in [2.45, 2.75) is 25.5 Å². The van der Waals surface area contributed by atoms with Gasteiger partial charge in [-0.15, -0.1) is 0 Å². The number of anilines is 1. The van der Waals surface area contributed by atoms with Gasteiger partial charge in [0.05, 0.1) is 7.11 Å². The maximum absolute atomic E-state index is 9.46. The summed E-state index contributed by atoms with van der Waals surface area (Å²) in [6.45, 7) is 6.21. The third-order valence-electron chi connectivity index (χ3n) is 5.23. The molecule has 0 aromatic heterocycles. The Bertz CT molecular complexity index is 672. The van der Waals surface area contributed by atoms with E-state index in [2.05, 4.69) is 47.1 Å². The number of hydrogen-bond donors (Lipinski definition) is 1. The van der Waals surface area contributed by atoms with Crippen LogP contribution < -0.4 is 9.64 Å². The van der Waals surface area contributed by atoms with Gasteiger partial charge in [-0.3, -0.25) is 10.2 Å². The van der Waals surface area contributed by atoms with Crippen LogP contribution >= 0.6 is 0 Å². The molecule has 26 heavy (non-hydrogen) atoms. The first-order valence-electron chi connectivity index (χ1n) is 9.20. The van der Waals surface area contributed by atoms with Gasteiger partial charge in [0.2, 0.25) is 0 Å². The molecule has 0 radical (unpaired) electrons. The Labute approximate surface area is 155 Å². The first kappa shape index (κ1) is 18.7. The van der Waals surface area contributed by atoms with E-state index < -0.39 is 6.10 Å². The lowest BCUT2D eigenvalue weighted by atomic mass is 10.0. The fourth-order valence-corrected chi connectivity index (χ4v) is 3.68. The average molecular weight is 356 g/mol. The molecule has 5 nitrogen and oxygen atoms in total. The second-order valence-electron chi connectivity index (χ2n) is 6.78. The zero-order chi connectivity index (χ0) is 18.4. The molecule has 0 aliphatic carbocycles. The molecular formula is C21H28N2O3. The molecule has 2 aromatic carbocycles. The maximum Gasteiger partial charge on any atom is 0.124 e. The van der Waals surface area contributed by atoms with Gasteiger partial charge < -0.3 is 9.64 Å². The Balaban J connectivity index is 1.58. The molecule has 5 heteroatoms. The van der Waals surface area contributed by atoms with Crippen molar-refractivity contribution in [3.05, 3.63) is 60.2 Å². The van der Waals surface area contributed by atoms with E-state index in [1.165, 1.54) is 5.69 Å². The number of piperazine rings is 1. The SMILES string of the molecule is COc1ccccc1C(CC(C)N1CCN(c2ccccc2)CC1)OO. The second-order valence-corrected chi connectivity index (χ2v) is 6.78. The van der Waals surface area contributed by atoms with Gasteiger partial charge in [-0.1, -0.05) is 36.4 Å². The molecule has 0 amide bonds. The van der Waals surface area contributed by atoms with Gasteiger partial charge in [0.15, 0.2) is 0 Å². The molecule has 1 aliphatic heterocycles. The number of nitrogens with zero attached hydrogens (tertiary/aromatic N) is 2. The van der Waals surface area contributed by atoms with Crippen LogP contribution in [0.3, 0.4) is 0 Å². The van der Waals surface area contributed by atoms with Crippen molar-refractivity contribution in [3.8, 4) is 5.75 Å². The van der Waals surface area contributed by atoms with Crippen LogP contribution in [0.4, 0.5) is 5.69 Å². The zero-order valence-corrected chi connectivity index (χ0v) is 15.5. The van der Waals surface area contributed by atoms with E-state index in [4.69, 9.17) is 9.62 Å². The first-order valence-corrected chi connectivity index (χ1v) is 9.20. The molecule has 1 aliphatic rings. The lowest BCUT2D eigenvalue weighted by molar-refractivity contribution is -0.285. The molecule has 2 unspecified atom stereocenters. The van der Waals surface area contributed by atoms with Gasteiger partial charge in [0.25, 0.3) is 0 Å². The second kappa shape index (κ2) is 9.03. The van der Waals surface area contributed by atoms with Crippen molar-refractivity contribution >= 4 is 5.69 Å². The summed E-state index contributed by atoms with van der Waals surface area (Å²) >= 11 is 0. The lowest BCUT2D eigenvalue weighted by Crippen LogP contribution is -2.50. The summed E-state index contributed by atoms with van der Waals surface area (Å²) in [7, 11) is 1.64. The van der Waals surface area contributed by atoms with Gasteiger partial charge in [-0.25, -0.2) is 4.89 Å². The zero-order valence-electron chi connectivity index (χ0n) is 15.5. The van der Waals surface area contributed by atoms with Crippen molar-refractivity contribution in [1.82, 2.24) is 4.90 Å². The molecule has 140 valence electrons. The summed E-state index contributed by atoms with van der Waals surface area (Å²) in [5.74, 6) is 0.743. The van der Waals surface area contributed by atoms with E-state index in [0.29, 0.717) is 12.5 Å². The first-order chi connectivity index (χ1) is 12.7. The van der Waals surface area contributed by atoms with Crippen molar-refractivity contribution < 1.29 is 14.9 Å². The summed E-state index contributed by atoms with van der Waals surface area (Å²) in [5, 5.41) is 9.46. The van der Waals surface area contributed by atoms with Gasteiger partial charge >= 0.3 is 0 Å². The van der Waals surface area contributed by atoms with Crippen LogP contribution in [-0.4, -0.2) is 49.5 Å². The smallest absolute Gasteiger partial charge is 0.124 e. The third kappa shape index (κ3) is 4.36. The highest BCUT2D eigenvalue weighted by atomic mass is 17.1. The highest BCUT2D eigenvalue weighted by Crippen LogP contribution is 2.31. The Hall–Kier alpha value is -2.08. The summed E-state index contributed by atoms with van der Waals surface area (Å²) < 4.78 is 5.41. The lowest BCUT2D eigenvalue weighted by Gasteiger charge is -2.39. The van der Waals surface area contributed by atoms with Crippen LogP contribution in [0.5, 0.6) is 5.75 Å². The minimum atomic E-state index is -0.395. The number of rotatable bonds is 7. The van der Waals surface area contributed by atoms with Crippen LogP contribution in [0, 0.1) is 0 Å². The van der Waals surface area contributed by atoms with Crippen molar-refractivity contribution in [2.75, 3.05) is 38.2 Å². The number of para-hydroxylation sites is 2. The van der Waals surface area contributed by atoms with E-state index in [0.717, 1.165) is 37.5 Å². The standard InChI is InChI=1S/C21H28N2O3/c1-17(16-21(26-24)19-10-6-7-11-20(19)25-2)22-12-14-23(15-13-22)18-8-4-3-5-9-18/h3-11,17,21,24H,12-16H2,1-2H3. The van der Waals surface area contributed by atoms with Crippen LogP contribution in [-0.2, 0) is 4.89 Å². The summed E-state index contributed by atoms with van der Waals surface area (Å²) in [4.78, 5) is 9.69. The fraction of sp³-hybridized carbons (Fsp3) is 0.429. The molecule has 2 atom stereocenters. The number of methoxy groups -OCH3 is 1. The van der Waals surface area contributed by atoms with E-state index in [9.17, 15) is 5.26 Å². The molecule has 1 N–H and O–H groups in total. The van der Waals surface area contributed by atoms with Crippen LogP contribution in [0.2, 0.25) is 0 Å². The van der Waals surface area contributed by atoms with Crippen LogP contribution in [0.25, 0.3) is 0 Å². The maximum atomic E-state index is 9.46. The van der Waals surface area contributed by atoms with Gasteiger partial charge in [0.1, 0.15) is 11.9 Å². The van der Waals surface area contributed by atoms with Crippen molar-refractivity contribution in [3.63, 3.8) is 0 Å². The molecule has 0 bridgehead atoms. The molecule has 2 aromatic rings. The minimum absolute atomic E-state index is 0.301. The molecular weight excluding hydrogens is 328 g/mol. The van der Waals surface area contributed by atoms with Crippen LogP contribution in [0.1, 0.15) is 25.0 Å².